The zero-order chi connectivity index (χ0) is 23.5. The molecule has 32 heavy (non-hydrogen) atoms. The third kappa shape index (κ3) is 4.97. The van der Waals surface area contributed by atoms with E-state index in [0.717, 1.165) is 4.31 Å². The van der Waals surface area contributed by atoms with Crippen LogP contribution in [0.25, 0.3) is 0 Å². The van der Waals surface area contributed by atoms with Crippen molar-refractivity contribution in [2.24, 2.45) is 0 Å². The minimum Gasteiger partial charge on any atom is -0.507 e. The second-order valence-corrected chi connectivity index (χ2v) is 9.58. The maximum Gasteiger partial charge on any atom is 0.257 e. The average Bonchev–Trinajstić information content (AvgIpc) is 2.79. The fourth-order valence-electron chi connectivity index (χ4n) is 3.40. The smallest absolute Gasteiger partial charge is 0.257 e. The molecule has 1 fully saturated rings. The molecule has 1 aliphatic rings. The van der Waals surface area contributed by atoms with Gasteiger partial charge in [-0.25, -0.2) is 8.42 Å². The summed E-state index contributed by atoms with van der Waals surface area (Å²) in [5.74, 6) is -0.952. The molecule has 0 spiro atoms. The summed E-state index contributed by atoms with van der Waals surface area (Å²) in [5, 5.41) is 9.87. The third-order valence-corrected chi connectivity index (χ3v) is 7.20. The predicted molar refractivity (Wildman–Crippen MR) is 117 cm³/mol. The number of sulfonamides is 1. The maximum absolute atomic E-state index is 12.8. The predicted octanol–water partition coefficient (Wildman–Crippen LogP) is 1.20. The van der Waals surface area contributed by atoms with Gasteiger partial charge in [-0.15, -0.1) is 0 Å². The van der Waals surface area contributed by atoms with Crippen molar-refractivity contribution < 1.29 is 27.9 Å². The van der Waals surface area contributed by atoms with E-state index in [1.54, 1.807) is 17.0 Å². The SMILES string of the molecule is CC(=O)c1ccc(S(=O)(=O)N(C)CC(=O)N2CCN(C(=O)c3ccccc3O)CC2)cc1. The Morgan fingerprint density at radius 1 is 0.938 bits per heavy atom. The molecule has 170 valence electrons. The maximum atomic E-state index is 12.8. The van der Waals surface area contributed by atoms with Crippen molar-refractivity contribution in [2.75, 3.05) is 39.8 Å². The number of aromatic hydroxyl groups is 1. The molecule has 0 saturated carbocycles. The van der Waals surface area contributed by atoms with Gasteiger partial charge in [0.1, 0.15) is 5.75 Å². The first-order chi connectivity index (χ1) is 15.1. The van der Waals surface area contributed by atoms with E-state index in [9.17, 15) is 27.9 Å². The topological polar surface area (TPSA) is 115 Å². The van der Waals surface area contributed by atoms with Gasteiger partial charge in [0.2, 0.25) is 15.9 Å². The summed E-state index contributed by atoms with van der Waals surface area (Å²) >= 11 is 0. The van der Waals surface area contributed by atoms with Crippen molar-refractivity contribution in [3.05, 3.63) is 59.7 Å². The van der Waals surface area contributed by atoms with Gasteiger partial charge in [-0.2, -0.15) is 4.31 Å². The van der Waals surface area contributed by atoms with Gasteiger partial charge in [0.25, 0.3) is 5.91 Å². The molecule has 0 radical (unpaired) electrons. The number of amides is 2. The van der Waals surface area contributed by atoms with E-state index >= 15 is 0 Å². The first kappa shape index (κ1) is 23.4. The van der Waals surface area contributed by atoms with Gasteiger partial charge in [0.15, 0.2) is 5.78 Å². The van der Waals surface area contributed by atoms with E-state index in [0.29, 0.717) is 5.56 Å². The highest BCUT2D eigenvalue weighted by molar-refractivity contribution is 7.89. The van der Waals surface area contributed by atoms with Gasteiger partial charge in [-0.3, -0.25) is 14.4 Å². The summed E-state index contributed by atoms with van der Waals surface area (Å²) in [6.45, 7) is 2.14. The first-order valence-electron chi connectivity index (χ1n) is 10.0. The van der Waals surface area contributed by atoms with Gasteiger partial charge >= 0.3 is 0 Å². The monoisotopic (exact) mass is 459 g/mol. The number of piperazine rings is 1. The van der Waals surface area contributed by atoms with Crippen LogP contribution in [0.2, 0.25) is 0 Å². The summed E-state index contributed by atoms with van der Waals surface area (Å²) in [6, 6.07) is 11.8. The van der Waals surface area contributed by atoms with Crippen LogP contribution >= 0.6 is 0 Å². The van der Waals surface area contributed by atoms with Crippen molar-refractivity contribution in [3.8, 4) is 5.75 Å². The Balaban J connectivity index is 1.59. The fraction of sp³-hybridized carbons (Fsp3) is 0.318. The Labute approximate surface area is 186 Å². The average molecular weight is 460 g/mol. The third-order valence-electron chi connectivity index (χ3n) is 5.38. The van der Waals surface area contributed by atoms with Gasteiger partial charge in [0, 0.05) is 38.8 Å². The second-order valence-electron chi connectivity index (χ2n) is 7.53. The van der Waals surface area contributed by atoms with E-state index < -0.39 is 10.0 Å². The molecule has 3 rings (SSSR count). The Morgan fingerprint density at radius 3 is 2.06 bits per heavy atom. The Bertz CT molecular complexity index is 1120. The molecule has 9 nitrogen and oxygen atoms in total. The molecule has 1 heterocycles. The minimum atomic E-state index is -3.90. The van der Waals surface area contributed by atoms with Crippen molar-refractivity contribution >= 4 is 27.6 Å². The van der Waals surface area contributed by atoms with E-state index in [4.69, 9.17) is 0 Å². The lowest BCUT2D eigenvalue weighted by Crippen LogP contribution is -2.52. The molecule has 0 aliphatic carbocycles. The first-order valence-corrected chi connectivity index (χ1v) is 11.5. The zero-order valence-corrected chi connectivity index (χ0v) is 18.7. The number of para-hydroxylation sites is 1. The molecule has 1 aliphatic heterocycles. The van der Waals surface area contributed by atoms with E-state index in [1.807, 2.05) is 0 Å². The fourth-order valence-corrected chi connectivity index (χ4v) is 4.52. The number of phenols is 1. The summed E-state index contributed by atoms with van der Waals surface area (Å²) in [4.78, 5) is 39.7. The van der Waals surface area contributed by atoms with Crippen molar-refractivity contribution in [3.63, 3.8) is 0 Å². The van der Waals surface area contributed by atoms with Crippen LogP contribution in [0.15, 0.2) is 53.4 Å². The standard InChI is InChI=1S/C22H25N3O6S/c1-16(26)17-7-9-18(10-8-17)32(30,31)23(2)15-21(28)24-11-13-25(14-12-24)22(29)19-5-3-4-6-20(19)27/h3-10,27H,11-15H2,1-2H3. The van der Waals surface area contributed by atoms with Crippen molar-refractivity contribution in [1.82, 2.24) is 14.1 Å². The van der Waals surface area contributed by atoms with E-state index in [2.05, 4.69) is 0 Å². The number of rotatable bonds is 6. The molecule has 1 N–H and O–H groups in total. The quantitative estimate of drug-likeness (QED) is 0.649. The molecule has 2 aromatic carbocycles. The highest BCUT2D eigenvalue weighted by atomic mass is 32.2. The molecule has 2 amide bonds. The number of ketones is 1. The molecular formula is C22H25N3O6S. The van der Waals surface area contributed by atoms with Gasteiger partial charge in [-0.1, -0.05) is 24.3 Å². The van der Waals surface area contributed by atoms with Crippen LogP contribution in [-0.4, -0.2) is 85.0 Å². The largest absolute Gasteiger partial charge is 0.507 e. The number of hydrogen-bond donors (Lipinski definition) is 1. The van der Waals surface area contributed by atoms with Crippen molar-refractivity contribution in [2.45, 2.75) is 11.8 Å². The number of nitrogens with zero attached hydrogens (tertiary/aromatic N) is 3. The lowest BCUT2D eigenvalue weighted by atomic mass is 10.1. The zero-order valence-electron chi connectivity index (χ0n) is 17.9. The van der Waals surface area contributed by atoms with E-state index in [1.165, 1.54) is 55.3 Å². The molecule has 1 saturated heterocycles. The van der Waals surface area contributed by atoms with Crippen LogP contribution in [0, 0.1) is 0 Å². The lowest BCUT2D eigenvalue weighted by Gasteiger charge is -2.35. The van der Waals surface area contributed by atoms with Gasteiger partial charge in [0.05, 0.1) is 17.0 Å². The Hall–Kier alpha value is -3.24. The molecule has 10 heteroatoms. The number of carbonyl (C=O) groups excluding carboxylic acids is 3. The summed E-state index contributed by atoms with van der Waals surface area (Å²) in [5.41, 5.74) is 0.604. The molecule has 0 aromatic heterocycles. The van der Waals surface area contributed by atoms with Gasteiger partial charge < -0.3 is 14.9 Å². The lowest BCUT2D eigenvalue weighted by molar-refractivity contribution is -0.132. The number of likely N-dealkylation sites (N-methyl/N-ethyl adjacent to an activating group) is 1. The van der Waals surface area contributed by atoms with Crippen LogP contribution in [0.4, 0.5) is 0 Å². The highest BCUT2D eigenvalue weighted by Crippen LogP contribution is 2.19. The number of benzene rings is 2. The highest BCUT2D eigenvalue weighted by Gasteiger charge is 2.29. The number of carbonyl (C=O) groups is 3. The molecule has 0 atom stereocenters. The second kappa shape index (κ2) is 9.49. The van der Waals surface area contributed by atoms with E-state index in [-0.39, 0.29) is 66.5 Å². The number of Topliss-reactive ketones (excluding diaryl/α,β-unsaturated/α-hetero) is 1. The minimum absolute atomic E-state index is 0.00381. The number of hydrogen-bond acceptors (Lipinski definition) is 6. The van der Waals surface area contributed by atoms with Crippen LogP contribution in [0.3, 0.4) is 0 Å². The van der Waals surface area contributed by atoms with Crippen LogP contribution in [-0.2, 0) is 14.8 Å². The van der Waals surface area contributed by atoms with Crippen LogP contribution < -0.4 is 0 Å². The van der Waals surface area contributed by atoms with Crippen LogP contribution in [0.1, 0.15) is 27.6 Å². The van der Waals surface area contributed by atoms with Crippen LogP contribution in [0.5, 0.6) is 5.75 Å². The van der Waals surface area contributed by atoms with Crippen molar-refractivity contribution in [1.29, 1.82) is 0 Å². The normalized spacial score (nSPS) is 14.5. The summed E-state index contributed by atoms with van der Waals surface area (Å²) in [6.07, 6.45) is 0. The summed E-state index contributed by atoms with van der Waals surface area (Å²) < 4.78 is 26.5. The Morgan fingerprint density at radius 2 is 1.50 bits per heavy atom. The van der Waals surface area contributed by atoms with Gasteiger partial charge in [-0.05, 0) is 31.2 Å². The molecular weight excluding hydrogens is 434 g/mol. The molecule has 0 bridgehead atoms. The summed E-state index contributed by atoms with van der Waals surface area (Å²) in [7, 11) is -2.57. The Kier molecular flexibility index (Phi) is 6.95. The number of phenolic OH excluding ortho intramolecular Hbond substituents is 1. The molecule has 2 aromatic rings. The molecule has 0 unspecified atom stereocenters.